The number of carbonyl (C=O) groups is 1. The molecule has 0 saturated carbocycles. The van der Waals surface area contributed by atoms with Crippen LogP contribution < -0.4 is 5.32 Å². The Morgan fingerprint density at radius 1 is 0.855 bits per heavy atom. The molecular formula is C29H19ClN8O18S6. The molecule has 0 fully saturated rings. The van der Waals surface area contributed by atoms with E-state index in [0.717, 1.165) is 30.3 Å². The van der Waals surface area contributed by atoms with Crippen molar-refractivity contribution in [3.63, 3.8) is 0 Å². The molecule has 0 aliphatic rings. The average Bonchev–Trinajstić information content (AvgIpc) is 3.15. The van der Waals surface area contributed by atoms with Crippen LogP contribution in [0.5, 0.6) is 11.5 Å². The van der Waals surface area contributed by atoms with Crippen LogP contribution >= 0.6 is 47.2 Å². The zero-order valence-electron chi connectivity index (χ0n) is 29.7. The molecule has 0 atom stereocenters. The number of aromatic hydroxyl groups is 2. The van der Waals surface area contributed by atoms with Crippen molar-refractivity contribution in [3.8, 4) is 22.9 Å². The number of phenolic OH excluding ortho intramolecular Hbond substituents is 2. The third kappa shape index (κ3) is 12.5. The minimum atomic E-state index is -5.19. The van der Waals surface area contributed by atoms with Crippen molar-refractivity contribution in [2.45, 2.75) is 31.7 Å². The maximum atomic E-state index is 12.8. The number of hydrogen-bond donors (Lipinski definition) is 8. The van der Waals surface area contributed by atoms with Gasteiger partial charge in [0.1, 0.15) is 32.6 Å². The first-order valence-electron chi connectivity index (χ1n) is 15.4. The molecule has 0 saturated heterocycles. The van der Waals surface area contributed by atoms with Gasteiger partial charge in [-0.25, -0.2) is 10.1 Å². The molecule has 5 rings (SSSR count). The number of hydrogen-bond acceptors (Lipinski definition) is 25. The van der Waals surface area contributed by atoms with Crippen LogP contribution in [0.1, 0.15) is 5.56 Å². The number of carboxylic acid groups (broad SMARTS) is 1. The van der Waals surface area contributed by atoms with Crippen LogP contribution in [0.3, 0.4) is 0 Å². The van der Waals surface area contributed by atoms with Gasteiger partial charge in [-0.05, 0) is 82.6 Å². The van der Waals surface area contributed by atoms with Gasteiger partial charge in [0.25, 0.3) is 20.2 Å². The molecule has 1 heterocycles. The van der Waals surface area contributed by atoms with Crippen molar-refractivity contribution in [1.29, 1.82) is 0 Å². The molecule has 5 aromatic rings. The third-order valence-corrected chi connectivity index (χ3v) is 11.1. The fraction of sp³-hybridized carbons (Fsp3) is 0.0345. The van der Waals surface area contributed by atoms with Gasteiger partial charge in [-0.15, -0.1) is 19.7 Å². The van der Waals surface area contributed by atoms with Crippen molar-refractivity contribution in [1.82, 2.24) is 15.0 Å². The van der Waals surface area contributed by atoms with Gasteiger partial charge < -0.3 is 20.6 Å². The monoisotopic (exact) mass is 994 g/mol. The van der Waals surface area contributed by atoms with Crippen LogP contribution in [0, 0.1) is 18.3 Å². The number of rotatable bonds is 15. The van der Waals surface area contributed by atoms with E-state index in [1.807, 2.05) is 0 Å². The number of benzene rings is 4. The standard InChI is InChI=1S/C29H19ClN8O18S6/c1-12-8-19(20(39)11-18(12)36-35-16-4-2-13(9-22(16)60(44,45)46)57-7-6-53-56-62(50,51)52)37-38-23-21(59-55-54-43)10-15-14(24(23)40)3-5-17(25(15)61(47,48)49)31-27-32-26(30)33-28(34-27)58-29(41)42/h2-5,8-11,39-40,43H,1H3,(H,41,42)(H,44,45,46)(H,47,48,49)(H,50,51,52)(H,31,32,33,34). The van der Waals surface area contributed by atoms with E-state index < -0.39 is 79.8 Å². The highest BCUT2D eigenvalue weighted by atomic mass is 35.5. The zero-order valence-corrected chi connectivity index (χ0v) is 35.4. The van der Waals surface area contributed by atoms with Gasteiger partial charge in [0.05, 0.1) is 28.3 Å². The largest absolute Gasteiger partial charge is 0.506 e. The van der Waals surface area contributed by atoms with E-state index in [9.17, 15) is 49.4 Å². The maximum absolute atomic E-state index is 12.8. The molecule has 0 spiro atoms. The second-order valence-electron chi connectivity index (χ2n) is 11.0. The van der Waals surface area contributed by atoms with E-state index in [4.69, 9.17) is 26.5 Å². The minimum Gasteiger partial charge on any atom is -0.506 e. The summed E-state index contributed by atoms with van der Waals surface area (Å²) in [6.45, 7) is 1.48. The fourth-order valence-electron chi connectivity index (χ4n) is 4.69. The topological polar surface area (TPSA) is 398 Å². The van der Waals surface area contributed by atoms with E-state index in [1.54, 1.807) is 6.11 Å². The number of azo groups is 2. The highest BCUT2D eigenvalue weighted by molar-refractivity contribution is 8.13. The highest BCUT2D eigenvalue weighted by Crippen LogP contribution is 2.47. The number of anilines is 2. The van der Waals surface area contributed by atoms with Crippen molar-refractivity contribution >= 4 is 128 Å². The van der Waals surface area contributed by atoms with Gasteiger partial charge in [-0.3, -0.25) is 18.5 Å². The van der Waals surface area contributed by atoms with Crippen molar-refractivity contribution in [3.05, 3.63) is 59.4 Å². The molecule has 1 aromatic heterocycles. The number of halogens is 1. The lowest BCUT2D eigenvalue weighted by Crippen LogP contribution is -2.07. The maximum Gasteiger partial charge on any atom is 0.433 e. The Morgan fingerprint density at radius 3 is 2.23 bits per heavy atom. The lowest BCUT2D eigenvalue weighted by atomic mass is 10.1. The molecule has 33 heteroatoms. The summed E-state index contributed by atoms with van der Waals surface area (Å²) in [6.07, 6.45) is 1.76. The van der Waals surface area contributed by atoms with E-state index in [2.05, 4.69) is 64.6 Å². The lowest BCUT2D eigenvalue weighted by molar-refractivity contribution is -0.432. The molecule has 0 aliphatic heterocycles. The van der Waals surface area contributed by atoms with E-state index in [1.165, 1.54) is 25.1 Å². The number of fused-ring (bicyclic) bond motifs is 1. The predicted octanol–water partition coefficient (Wildman–Crippen LogP) is 7.43. The van der Waals surface area contributed by atoms with Crippen LogP contribution in [0.15, 0.2) is 93.7 Å². The van der Waals surface area contributed by atoms with Crippen LogP contribution in [-0.4, -0.2) is 79.7 Å². The molecular weight excluding hydrogens is 976 g/mol. The Bertz CT molecular complexity index is 3080. The SMILES string of the molecule is Cc1cc(N=Nc2c(SOOO)cc3c(S(=O)(=O)O)c(Nc4nc(Cl)nc(SC(=O)O)n4)ccc3c2O)c(O)cc1N=Nc1ccc(SC#COOS(=O)(=O)O)cc1S(=O)(=O)O. The minimum absolute atomic E-state index is 0.0419. The second kappa shape index (κ2) is 19.7. The molecule has 0 bridgehead atoms. The number of nitrogens with zero attached hydrogens (tertiary/aromatic N) is 7. The molecule has 0 radical (unpaired) electrons. The van der Waals surface area contributed by atoms with Crippen LogP contribution in [0.25, 0.3) is 10.8 Å². The number of aromatic nitrogens is 3. The second-order valence-corrected chi connectivity index (χ2v) is 17.6. The van der Waals surface area contributed by atoms with Crippen LogP contribution in [-0.2, 0) is 49.2 Å². The van der Waals surface area contributed by atoms with Gasteiger partial charge in [0.15, 0.2) is 11.9 Å². The zero-order chi connectivity index (χ0) is 45.6. The number of thioether (sulfide) groups is 2. The van der Waals surface area contributed by atoms with Crippen molar-refractivity contribution in [2.24, 2.45) is 20.5 Å². The summed E-state index contributed by atoms with van der Waals surface area (Å²) >= 11 is 6.81. The lowest BCUT2D eigenvalue weighted by Gasteiger charge is -2.15. The summed E-state index contributed by atoms with van der Waals surface area (Å²) < 4.78 is 107. The van der Waals surface area contributed by atoms with Crippen LogP contribution in [0.2, 0.25) is 5.28 Å². The fourth-order valence-corrected chi connectivity index (χ4v) is 8.00. The third-order valence-electron chi connectivity index (χ3n) is 7.01. The number of aryl methyl sites for hydroxylation is 1. The van der Waals surface area contributed by atoms with E-state index in [0.29, 0.717) is 11.8 Å². The number of phenols is 2. The molecule has 0 aliphatic carbocycles. The summed E-state index contributed by atoms with van der Waals surface area (Å²) in [6, 6.07) is 8.92. The van der Waals surface area contributed by atoms with Gasteiger partial charge >= 0.3 is 15.7 Å². The van der Waals surface area contributed by atoms with Gasteiger partial charge in [-0.1, -0.05) is 5.04 Å². The van der Waals surface area contributed by atoms with E-state index in [-0.39, 0.29) is 72.2 Å². The molecule has 26 nitrogen and oxygen atoms in total. The summed E-state index contributed by atoms with van der Waals surface area (Å²) in [7, 11) is -15.1. The molecule has 4 aromatic carbocycles. The van der Waals surface area contributed by atoms with Crippen molar-refractivity contribution in [2.75, 3.05) is 5.32 Å². The molecule has 8 N–H and O–H groups in total. The molecule has 62 heavy (non-hydrogen) atoms. The average molecular weight is 995 g/mol. The Balaban J connectivity index is 1.49. The first-order valence-corrected chi connectivity index (χ1v) is 22.4. The molecule has 0 amide bonds. The Kier molecular flexibility index (Phi) is 15.1. The Labute approximate surface area is 363 Å². The Morgan fingerprint density at radius 2 is 1.56 bits per heavy atom. The first kappa shape index (κ1) is 47.5. The van der Waals surface area contributed by atoms with Gasteiger partial charge in [-0.2, -0.15) is 45.3 Å². The normalized spacial score (nSPS) is 12.2. The first-order chi connectivity index (χ1) is 29.0. The van der Waals surface area contributed by atoms with Crippen LogP contribution in [0.4, 0.5) is 39.2 Å². The summed E-state index contributed by atoms with van der Waals surface area (Å²) in [5, 5.41) is 61.2. The van der Waals surface area contributed by atoms with E-state index >= 15 is 0 Å². The molecule has 326 valence electrons. The molecule has 0 unspecified atom stereocenters. The summed E-state index contributed by atoms with van der Waals surface area (Å²) in [5.41, 5.74) is -1.26. The Hall–Kier alpha value is -5.51. The van der Waals surface area contributed by atoms with Gasteiger partial charge in [0.2, 0.25) is 16.4 Å². The quantitative estimate of drug-likeness (QED) is 0.00961. The summed E-state index contributed by atoms with van der Waals surface area (Å²) in [4.78, 5) is 24.5. The smallest absolute Gasteiger partial charge is 0.433 e. The number of nitrogens with one attached hydrogen (secondary N) is 1. The van der Waals surface area contributed by atoms with Gasteiger partial charge in [0, 0.05) is 38.7 Å². The summed E-state index contributed by atoms with van der Waals surface area (Å²) in [5.74, 6) is -1.81. The predicted molar refractivity (Wildman–Crippen MR) is 213 cm³/mol. The van der Waals surface area contributed by atoms with Crippen molar-refractivity contribution < 1.29 is 82.9 Å². The highest BCUT2D eigenvalue weighted by Gasteiger charge is 2.26.